The Labute approximate surface area is 697 Å². The monoisotopic (exact) mass is 1610 g/mol. The Hall–Kier alpha value is -13.9. The minimum Gasteiger partial charge on any atom is -0.423 e. The molecule has 0 atom stereocenters. The molecule has 6 heterocycles. The lowest BCUT2D eigenvalue weighted by Crippen LogP contribution is -2.29. The van der Waals surface area contributed by atoms with Gasteiger partial charge in [0, 0.05) is 112 Å². The second-order valence-electron chi connectivity index (χ2n) is 30.1. The fourth-order valence-corrected chi connectivity index (χ4v) is 21.0. The van der Waals surface area contributed by atoms with Gasteiger partial charge in [-0.1, -0.05) is 297 Å². The van der Waals surface area contributed by atoms with E-state index in [1.165, 1.54) is 167 Å². The van der Waals surface area contributed by atoms with E-state index in [0.29, 0.717) is 5.46 Å². The van der Waals surface area contributed by atoms with E-state index in [1.807, 2.05) is 65.1 Å². The van der Waals surface area contributed by atoms with Crippen molar-refractivity contribution >= 4 is 179 Å². The van der Waals surface area contributed by atoms with Gasteiger partial charge in [0.25, 0.3) is 0 Å². The number of halogens is 1. The molecular weight excluding hydrogens is 1540 g/mol. The molecule has 0 fully saturated rings. The molecule has 0 radical (unpaired) electrons. The summed E-state index contributed by atoms with van der Waals surface area (Å²) in [6.07, 6.45) is 0. The van der Waals surface area contributed by atoms with Gasteiger partial charge in [0.05, 0.1) is 48.8 Å². The van der Waals surface area contributed by atoms with E-state index in [4.69, 9.17) is 0 Å². The zero-order valence-electron chi connectivity index (χ0n) is 63.7. The molecule has 24 rings (SSSR count). The van der Waals surface area contributed by atoms with Crippen LogP contribution < -0.4 is 5.46 Å². The summed E-state index contributed by atoms with van der Waals surface area (Å²) in [5.41, 5.74) is 26.8. The molecule has 0 unspecified atom stereocenters. The van der Waals surface area contributed by atoms with Gasteiger partial charge in [0.15, 0.2) is 0 Å². The number of para-hydroxylation sites is 4. The van der Waals surface area contributed by atoms with Crippen LogP contribution in [0, 0.1) is 0 Å². The van der Waals surface area contributed by atoms with E-state index in [0.717, 1.165) is 43.3 Å². The molecule has 556 valence electrons. The molecule has 0 spiro atoms. The summed E-state index contributed by atoms with van der Waals surface area (Å²) in [6.45, 7) is 0. The van der Waals surface area contributed by atoms with Crippen molar-refractivity contribution in [2.24, 2.45) is 0 Å². The van der Waals surface area contributed by atoms with Crippen molar-refractivity contribution in [2.45, 2.75) is 0 Å². The standard InChI is InChI=1S/C54H34N2S.C30H18BrNS.C24H18BNO2/c1-3-13-35(14-4-1)37-23-28-40(29-24-37)55-48-20-10-7-17-42(48)46-33-39(27-32-50(46)55)45-34-47-43-18-8-11-21-49(43)56(41-30-25-38(26-31-41)36-15-5-2-6-16-36)53(47)52-44-19-9-12-22-51(44)57-54(45)52;31-25-18-24-22-10-4-6-12-26(22)32(21-16-14-20(15-17-21)19-8-2-1-3-9-19)29(24)28-23-11-5-7-13-27(23)33-30(25)28;27-25(28)19-12-15-24-22(16-19)21-8-4-5-9-23(21)26(24)20-13-10-18(11-14-20)17-6-2-1-3-7-17/h1-34H;1-18H;1-16,27-28H. The van der Waals surface area contributed by atoms with Crippen LogP contribution in [0.1, 0.15) is 0 Å². The predicted molar refractivity (Wildman–Crippen MR) is 507 cm³/mol. The van der Waals surface area contributed by atoms with E-state index in [-0.39, 0.29) is 0 Å². The molecule has 18 aromatic carbocycles. The average molecular weight is 1610 g/mol. The SMILES string of the molecule is Brc1cc2c3ccccc3n(-c3ccc(-c4ccccc4)cc3)c2c2c1sc1ccccc12.OB(O)c1ccc2c(c1)c1ccccc1n2-c1ccc(-c2ccccc2)cc1.c1ccc(-c2ccc(-n3c4ccccc4c4cc(-c5cc6c7ccccc7n(-c7ccc(-c8ccccc8)cc7)c6c6c5sc5ccccc56)ccc43)cc2)cc1. The maximum absolute atomic E-state index is 9.57. The van der Waals surface area contributed by atoms with Gasteiger partial charge in [-0.3, -0.25) is 0 Å². The van der Waals surface area contributed by atoms with Crippen molar-refractivity contribution in [1.82, 2.24) is 18.3 Å². The molecule has 0 aliphatic heterocycles. The van der Waals surface area contributed by atoms with Crippen LogP contribution in [0.3, 0.4) is 0 Å². The average Bonchev–Trinajstić information content (AvgIpc) is 1.54. The van der Waals surface area contributed by atoms with Crippen LogP contribution in [0.5, 0.6) is 0 Å². The molecular formula is C108H70BBrN4O2S2. The molecule has 6 nitrogen and oxygen atoms in total. The topological polar surface area (TPSA) is 60.2 Å². The Morgan fingerprint density at radius 3 is 0.915 bits per heavy atom. The lowest BCUT2D eigenvalue weighted by atomic mass is 9.80. The van der Waals surface area contributed by atoms with Crippen LogP contribution in [0.25, 0.3) is 206 Å². The lowest BCUT2D eigenvalue weighted by Gasteiger charge is -2.12. The summed E-state index contributed by atoms with van der Waals surface area (Å²) in [5.74, 6) is 0. The minimum absolute atomic E-state index is 0.495. The molecule has 24 aromatic rings. The van der Waals surface area contributed by atoms with Crippen LogP contribution in [0.2, 0.25) is 0 Å². The van der Waals surface area contributed by atoms with Crippen molar-refractivity contribution < 1.29 is 10.0 Å². The van der Waals surface area contributed by atoms with Gasteiger partial charge in [-0.05, 0) is 187 Å². The first-order chi connectivity index (χ1) is 58.3. The number of aromatic nitrogens is 4. The summed E-state index contributed by atoms with van der Waals surface area (Å²) in [6, 6.07) is 147. The summed E-state index contributed by atoms with van der Waals surface area (Å²) in [7, 11) is -1.48. The van der Waals surface area contributed by atoms with Crippen molar-refractivity contribution in [2.75, 3.05) is 0 Å². The molecule has 0 aliphatic rings. The first-order valence-electron chi connectivity index (χ1n) is 39.8. The Kier molecular flexibility index (Phi) is 17.6. The van der Waals surface area contributed by atoms with Crippen LogP contribution in [0.15, 0.2) is 417 Å². The molecule has 6 aromatic heterocycles. The number of hydrogen-bond acceptors (Lipinski definition) is 4. The molecule has 118 heavy (non-hydrogen) atoms. The Bertz CT molecular complexity index is 7990. The maximum atomic E-state index is 9.57. The van der Waals surface area contributed by atoms with Gasteiger partial charge in [0.2, 0.25) is 0 Å². The van der Waals surface area contributed by atoms with Gasteiger partial charge in [-0.25, -0.2) is 0 Å². The van der Waals surface area contributed by atoms with Gasteiger partial charge in [0.1, 0.15) is 0 Å². The normalized spacial score (nSPS) is 11.7. The first-order valence-corrected chi connectivity index (χ1v) is 42.2. The molecule has 0 amide bonds. The predicted octanol–water partition coefficient (Wildman–Crippen LogP) is 29.0. The molecule has 0 bridgehead atoms. The van der Waals surface area contributed by atoms with E-state index < -0.39 is 7.12 Å². The molecule has 10 heteroatoms. The Morgan fingerprint density at radius 2 is 0.508 bits per heavy atom. The molecule has 2 N–H and O–H groups in total. The third-order valence-corrected chi connectivity index (χ3v) is 26.7. The molecule has 0 saturated carbocycles. The third kappa shape index (κ3) is 12.1. The van der Waals surface area contributed by atoms with E-state index in [1.54, 1.807) is 6.07 Å². The Morgan fingerprint density at radius 1 is 0.220 bits per heavy atom. The van der Waals surface area contributed by atoms with E-state index in [9.17, 15) is 10.0 Å². The second kappa shape index (κ2) is 29.4. The number of thiophene rings is 2. The second-order valence-corrected chi connectivity index (χ2v) is 33.1. The quantitative estimate of drug-likeness (QED) is 0.134. The lowest BCUT2D eigenvalue weighted by molar-refractivity contribution is 0.426. The summed E-state index contributed by atoms with van der Waals surface area (Å²) in [4.78, 5) is 0. The number of nitrogens with zero attached hydrogens (tertiary/aromatic N) is 4. The van der Waals surface area contributed by atoms with E-state index >= 15 is 0 Å². The van der Waals surface area contributed by atoms with Gasteiger partial charge in [-0.15, -0.1) is 22.7 Å². The number of hydrogen-bond donors (Lipinski definition) is 2. The number of rotatable bonds is 10. The van der Waals surface area contributed by atoms with Crippen LogP contribution in [-0.2, 0) is 0 Å². The van der Waals surface area contributed by atoms with E-state index in [2.05, 4.69) is 398 Å². The summed E-state index contributed by atoms with van der Waals surface area (Å²) < 4.78 is 15.9. The maximum Gasteiger partial charge on any atom is 0.488 e. The van der Waals surface area contributed by atoms with Crippen molar-refractivity contribution in [3.8, 4) is 78.4 Å². The fourth-order valence-electron chi connectivity index (χ4n) is 18.0. The zero-order chi connectivity index (χ0) is 78.5. The Balaban J connectivity index is 0.000000117. The summed E-state index contributed by atoms with van der Waals surface area (Å²) in [5, 5.41) is 34.1. The van der Waals surface area contributed by atoms with Crippen LogP contribution >= 0.6 is 38.6 Å². The number of benzene rings is 18. The van der Waals surface area contributed by atoms with Crippen LogP contribution in [-0.4, -0.2) is 35.4 Å². The highest BCUT2D eigenvalue weighted by molar-refractivity contribution is 9.10. The van der Waals surface area contributed by atoms with Crippen LogP contribution in [0.4, 0.5) is 0 Å². The van der Waals surface area contributed by atoms with Gasteiger partial charge < -0.3 is 28.3 Å². The van der Waals surface area contributed by atoms with Crippen molar-refractivity contribution in [3.05, 3.63) is 417 Å². The molecule has 0 saturated heterocycles. The van der Waals surface area contributed by atoms with Gasteiger partial charge >= 0.3 is 7.12 Å². The zero-order valence-corrected chi connectivity index (χ0v) is 66.9. The highest BCUT2D eigenvalue weighted by atomic mass is 79.9. The summed E-state index contributed by atoms with van der Waals surface area (Å²) >= 11 is 7.64. The highest BCUT2D eigenvalue weighted by Gasteiger charge is 2.25. The number of fused-ring (bicyclic) bond motifs is 20. The smallest absolute Gasteiger partial charge is 0.423 e. The fraction of sp³-hybridized carbons (Fsp3) is 0. The van der Waals surface area contributed by atoms with Crippen molar-refractivity contribution in [1.29, 1.82) is 0 Å². The molecule has 0 aliphatic carbocycles. The van der Waals surface area contributed by atoms with Crippen molar-refractivity contribution in [3.63, 3.8) is 0 Å². The first kappa shape index (κ1) is 70.7. The van der Waals surface area contributed by atoms with Gasteiger partial charge in [-0.2, -0.15) is 0 Å². The third-order valence-electron chi connectivity index (χ3n) is 23.4. The minimum atomic E-state index is -1.48. The highest BCUT2D eigenvalue weighted by Crippen LogP contribution is 2.51. The largest absolute Gasteiger partial charge is 0.488 e.